The fourth-order valence-electron chi connectivity index (χ4n) is 3.20. The van der Waals surface area contributed by atoms with Gasteiger partial charge in [-0.05, 0) is 31.6 Å². The summed E-state index contributed by atoms with van der Waals surface area (Å²) in [6.07, 6.45) is 6.38. The Morgan fingerprint density at radius 3 is 2.50 bits per heavy atom. The van der Waals surface area contributed by atoms with E-state index < -0.39 is 11.4 Å². The Labute approximate surface area is 95.4 Å². The summed E-state index contributed by atoms with van der Waals surface area (Å²) in [6, 6.07) is 0. The first-order chi connectivity index (χ1) is 7.68. The Balaban J connectivity index is 2.25. The highest BCUT2D eigenvalue weighted by Crippen LogP contribution is 2.43. The maximum Gasteiger partial charge on any atom is 0.319 e. The van der Waals surface area contributed by atoms with E-state index in [2.05, 4.69) is 5.32 Å². The van der Waals surface area contributed by atoms with E-state index in [1.807, 2.05) is 0 Å². The molecule has 90 valence electrons. The van der Waals surface area contributed by atoms with E-state index in [4.69, 9.17) is 0 Å². The number of carboxylic acids is 1. The van der Waals surface area contributed by atoms with Gasteiger partial charge in [-0.15, -0.1) is 0 Å². The first-order valence-corrected chi connectivity index (χ1v) is 6.19. The average Bonchev–Trinajstić information content (AvgIpc) is 2.30. The molecule has 0 aromatic carbocycles. The number of piperidine rings is 1. The fourth-order valence-corrected chi connectivity index (χ4v) is 3.20. The first-order valence-electron chi connectivity index (χ1n) is 6.19. The lowest BCUT2D eigenvalue weighted by molar-refractivity contribution is -0.163. The predicted octanol–water partition coefficient (Wildman–Crippen LogP) is 1.55. The molecular weight excluding hydrogens is 206 g/mol. The van der Waals surface area contributed by atoms with Crippen molar-refractivity contribution < 1.29 is 14.7 Å². The monoisotopic (exact) mass is 225 g/mol. The average molecular weight is 225 g/mol. The van der Waals surface area contributed by atoms with Gasteiger partial charge in [0.15, 0.2) is 0 Å². The van der Waals surface area contributed by atoms with Gasteiger partial charge in [0.05, 0.1) is 0 Å². The van der Waals surface area contributed by atoms with Gasteiger partial charge in [-0.3, -0.25) is 9.59 Å². The molecule has 1 aliphatic carbocycles. The lowest BCUT2D eigenvalue weighted by Gasteiger charge is -2.40. The molecule has 1 atom stereocenters. The van der Waals surface area contributed by atoms with Gasteiger partial charge in [-0.25, -0.2) is 0 Å². The molecular formula is C12H19NO3. The summed E-state index contributed by atoms with van der Waals surface area (Å²) in [6.45, 7) is 0.626. The Morgan fingerprint density at radius 1 is 1.25 bits per heavy atom. The Kier molecular flexibility index (Phi) is 3.17. The van der Waals surface area contributed by atoms with Crippen molar-refractivity contribution in [1.82, 2.24) is 5.32 Å². The van der Waals surface area contributed by atoms with Gasteiger partial charge in [-0.1, -0.05) is 19.3 Å². The summed E-state index contributed by atoms with van der Waals surface area (Å²) in [5.74, 6) is -1.13. The highest BCUT2D eigenvalue weighted by molar-refractivity contribution is 6.02. The molecule has 2 fully saturated rings. The molecule has 2 rings (SSSR count). The smallest absolute Gasteiger partial charge is 0.319 e. The number of aliphatic carboxylic acids is 1. The van der Waals surface area contributed by atoms with Crippen molar-refractivity contribution in [3.8, 4) is 0 Å². The Morgan fingerprint density at radius 2 is 1.94 bits per heavy atom. The Bertz CT molecular complexity index is 297. The third-order valence-electron chi connectivity index (χ3n) is 4.12. The molecule has 1 amide bonds. The van der Waals surface area contributed by atoms with Gasteiger partial charge < -0.3 is 10.4 Å². The van der Waals surface area contributed by atoms with Crippen LogP contribution in [0.2, 0.25) is 0 Å². The van der Waals surface area contributed by atoms with Crippen molar-refractivity contribution in [3.05, 3.63) is 0 Å². The first kappa shape index (κ1) is 11.4. The number of rotatable bonds is 2. The summed E-state index contributed by atoms with van der Waals surface area (Å²) in [7, 11) is 0. The van der Waals surface area contributed by atoms with Crippen LogP contribution in [0.3, 0.4) is 0 Å². The number of carbonyl (C=O) groups is 2. The van der Waals surface area contributed by atoms with Crippen LogP contribution in [-0.4, -0.2) is 23.5 Å². The van der Waals surface area contributed by atoms with E-state index in [1.165, 1.54) is 6.42 Å². The predicted molar refractivity (Wildman–Crippen MR) is 58.9 cm³/mol. The quantitative estimate of drug-likeness (QED) is 0.701. The fraction of sp³-hybridized carbons (Fsp3) is 0.833. The van der Waals surface area contributed by atoms with Gasteiger partial charge in [0.25, 0.3) is 0 Å². The van der Waals surface area contributed by atoms with E-state index >= 15 is 0 Å². The molecule has 0 aromatic heterocycles. The lowest BCUT2D eigenvalue weighted by atomic mass is 9.64. The summed E-state index contributed by atoms with van der Waals surface area (Å²) in [5.41, 5.74) is -1.13. The van der Waals surface area contributed by atoms with Crippen LogP contribution in [0.5, 0.6) is 0 Å². The third-order valence-corrected chi connectivity index (χ3v) is 4.12. The standard InChI is InChI=1S/C12H19NO3/c14-10-12(11(15)16,7-4-8-13-10)9-5-2-1-3-6-9/h9H,1-8H2,(H,13,14)(H,15,16). The largest absolute Gasteiger partial charge is 0.480 e. The number of hydrogen-bond donors (Lipinski definition) is 2. The molecule has 1 saturated heterocycles. The molecule has 1 unspecified atom stereocenters. The van der Waals surface area contributed by atoms with Crippen LogP contribution in [0.4, 0.5) is 0 Å². The molecule has 4 nitrogen and oxygen atoms in total. The highest BCUT2D eigenvalue weighted by atomic mass is 16.4. The number of carboxylic acid groups (broad SMARTS) is 1. The normalized spacial score (nSPS) is 32.1. The molecule has 1 aliphatic heterocycles. The van der Waals surface area contributed by atoms with E-state index in [1.54, 1.807) is 0 Å². The maximum absolute atomic E-state index is 12.0. The van der Waals surface area contributed by atoms with E-state index in [9.17, 15) is 14.7 Å². The van der Waals surface area contributed by atoms with Crippen molar-refractivity contribution in [2.75, 3.05) is 6.54 Å². The van der Waals surface area contributed by atoms with E-state index in [0.29, 0.717) is 13.0 Å². The van der Waals surface area contributed by atoms with Crippen LogP contribution in [0.25, 0.3) is 0 Å². The van der Waals surface area contributed by atoms with Gasteiger partial charge in [0.1, 0.15) is 5.41 Å². The topological polar surface area (TPSA) is 66.4 Å². The van der Waals surface area contributed by atoms with Crippen LogP contribution >= 0.6 is 0 Å². The molecule has 1 saturated carbocycles. The summed E-state index contributed by atoms with van der Waals surface area (Å²) >= 11 is 0. The molecule has 2 N–H and O–H groups in total. The summed E-state index contributed by atoms with van der Waals surface area (Å²) in [5, 5.41) is 12.2. The second-order valence-corrected chi connectivity index (χ2v) is 4.97. The molecule has 0 bridgehead atoms. The molecule has 2 aliphatic rings. The lowest BCUT2D eigenvalue weighted by Crippen LogP contribution is -2.55. The second kappa shape index (κ2) is 4.44. The van der Waals surface area contributed by atoms with Gasteiger partial charge in [-0.2, -0.15) is 0 Å². The zero-order valence-corrected chi connectivity index (χ0v) is 9.50. The van der Waals surface area contributed by atoms with Crippen molar-refractivity contribution in [2.24, 2.45) is 11.3 Å². The van der Waals surface area contributed by atoms with Crippen LogP contribution in [0.1, 0.15) is 44.9 Å². The zero-order chi connectivity index (χ0) is 11.6. The minimum Gasteiger partial charge on any atom is -0.480 e. The minimum absolute atomic E-state index is 0.0408. The molecule has 16 heavy (non-hydrogen) atoms. The zero-order valence-electron chi connectivity index (χ0n) is 9.50. The highest BCUT2D eigenvalue weighted by Gasteiger charge is 2.53. The van der Waals surface area contributed by atoms with Crippen LogP contribution in [-0.2, 0) is 9.59 Å². The second-order valence-electron chi connectivity index (χ2n) is 4.97. The molecule has 0 aromatic rings. The van der Waals surface area contributed by atoms with Crippen LogP contribution in [0, 0.1) is 11.3 Å². The molecule has 0 radical (unpaired) electrons. The van der Waals surface area contributed by atoms with Crippen molar-refractivity contribution in [3.63, 3.8) is 0 Å². The molecule has 4 heteroatoms. The van der Waals surface area contributed by atoms with E-state index in [0.717, 1.165) is 32.1 Å². The number of carbonyl (C=O) groups excluding carboxylic acids is 1. The Hall–Kier alpha value is -1.06. The molecule has 0 spiro atoms. The van der Waals surface area contributed by atoms with Gasteiger partial charge in [0, 0.05) is 6.54 Å². The van der Waals surface area contributed by atoms with E-state index in [-0.39, 0.29) is 11.8 Å². The van der Waals surface area contributed by atoms with Gasteiger partial charge in [0.2, 0.25) is 5.91 Å². The third kappa shape index (κ3) is 1.70. The summed E-state index contributed by atoms with van der Waals surface area (Å²) in [4.78, 5) is 23.5. The molecule has 1 heterocycles. The van der Waals surface area contributed by atoms with Gasteiger partial charge >= 0.3 is 5.97 Å². The van der Waals surface area contributed by atoms with Crippen LogP contribution < -0.4 is 5.32 Å². The summed E-state index contributed by atoms with van der Waals surface area (Å²) < 4.78 is 0. The maximum atomic E-state index is 12.0. The number of nitrogens with one attached hydrogen (secondary N) is 1. The van der Waals surface area contributed by atoms with Crippen molar-refractivity contribution >= 4 is 11.9 Å². The van der Waals surface area contributed by atoms with Crippen LogP contribution in [0.15, 0.2) is 0 Å². The van der Waals surface area contributed by atoms with Crippen molar-refractivity contribution in [2.45, 2.75) is 44.9 Å². The number of hydrogen-bond acceptors (Lipinski definition) is 2. The van der Waals surface area contributed by atoms with Crippen molar-refractivity contribution in [1.29, 1.82) is 0 Å². The minimum atomic E-state index is -1.13. The SMILES string of the molecule is O=C(O)C1(C2CCCCC2)CCCNC1=O. The number of amides is 1.